The van der Waals surface area contributed by atoms with Crippen LogP contribution in [0.15, 0.2) is 16.6 Å². The van der Waals surface area contributed by atoms with Gasteiger partial charge in [-0.05, 0) is 117 Å². The number of nitrogens with one attached hydrogen (secondary N) is 2. The van der Waals surface area contributed by atoms with Crippen LogP contribution in [-0.2, 0) is 14.3 Å². The molecule has 10 heteroatoms. The highest BCUT2D eigenvalue weighted by atomic mass is 16.6. The molecule has 0 saturated heterocycles. The van der Waals surface area contributed by atoms with E-state index in [2.05, 4.69) is 56.3 Å². The van der Waals surface area contributed by atoms with Crippen molar-refractivity contribution in [1.29, 1.82) is 0 Å². The van der Waals surface area contributed by atoms with Crippen molar-refractivity contribution in [3.05, 3.63) is 11.6 Å². The number of fused-ring (bicyclic) bond motifs is 5. The van der Waals surface area contributed by atoms with E-state index in [0.29, 0.717) is 37.8 Å². The normalized spacial score (nSPS) is 31.3. The van der Waals surface area contributed by atoms with Crippen LogP contribution < -0.4 is 27.8 Å². The Morgan fingerprint density at radius 1 is 0.920 bits per heavy atom. The molecule has 10 nitrogen and oxygen atoms in total. The van der Waals surface area contributed by atoms with E-state index in [0.717, 1.165) is 67.6 Å². The number of nitrogens with zero attached hydrogens (tertiary/aromatic N) is 1. The van der Waals surface area contributed by atoms with Gasteiger partial charge < -0.3 is 32.6 Å². The van der Waals surface area contributed by atoms with Crippen LogP contribution in [0.2, 0.25) is 0 Å². The van der Waals surface area contributed by atoms with Gasteiger partial charge in [0.05, 0.1) is 0 Å². The average molecular weight is 699 g/mol. The lowest BCUT2D eigenvalue weighted by Crippen LogP contribution is -2.51. The van der Waals surface area contributed by atoms with Crippen molar-refractivity contribution in [3.8, 4) is 0 Å². The number of guanidine groups is 1. The summed E-state index contributed by atoms with van der Waals surface area (Å²) in [5.74, 6) is 4.12. The minimum Gasteiger partial charge on any atom is -0.446 e. The molecule has 3 amide bonds. The molecule has 3 fully saturated rings. The Balaban J connectivity index is 1.15. The summed E-state index contributed by atoms with van der Waals surface area (Å²) in [6, 6.07) is -0.742. The number of rotatable bonds is 18. The second kappa shape index (κ2) is 18.1. The number of ether oxygens (including phenoxy) is 1. The molecule has 50 heavy (non-hydrogen) atoms. The Hall–Kier alpha value is -2.78. The molecule has 0 heterocycles. The monoisotopic (exact) mass is 699 g/mol. The van der Waals surface area contributed by atoms with Gasteiger partial charge >= 0.3 is 6.09 Å². The van der Waals surface area contributed by atoms with Gasteiger partial charge in [0.25, 0.3) is 0 Å². The fourth-order valence-corrected chi connectivity index (χ4v) is 10.8. The number of allylic oxidation sites excluding steroid dienone is 1. The highest BCUT2D eigenvalue weighted by Crippen LogP contribution is 2.67. The predicted octanol–water partition coefficient (Wildman–Crippen LogP) is 6.71. The Morgan fingerprint density at radius 2 is 1.70 bits per heavy atom. The first-order valence-corrected chi connectivity index (χ1v) is 20.0. The highest BCUT2D eigenvalue weighted by Gasteiger charge is 2.59. The topological polar surface area (TPSA) is 175 Å². The zero-order valence-corrected chi connectivity index (χ0v) is 31.9. The first-order chi connectivity index (χ1) is 23.7. The van der Waals surface area contributed by atoms with Crippen molar-refractivity contribution < 1.29 is 19.1 Å². The number of carbonyl (C=O) groups excluding carboxylic acids is 3. The van der Waals surface area contributed by atoms with Crippen molar-refractivity contribution in [3.63, 3.8) is 0 Å². The van der Waals surface area contributed by atoms with E-state index in [1.807, 2.05) is 0 Å². The van der Waals surface area contributed by atoms with Crippen LogP contribution in [0.4, 0.5) is 4.79 Å². The van der Waals surface area contributed by atoms with Crippen LogP contribution in [0.3, 0.4) is 0 Å². The Labute approximate surface area is 302 Å². The largest absolute Gasteiger partial charge is 0.446 e. The van der Waals surface area contributed by atoms with Crippen LogP contribution in [-0.4, -0.2) is 49.1 Å². The third kappa shape index (κ3) is 10.2. The number of amides is 3. The lowest BCUT2D eigenvalue weighted by atomic mass is 9.47. The molecule has 3 saturated carbocycles. The number of aliphatic imine (C=N–C) groups is 1. The molecule has 0 spiro atoms. The van der Waals surface area contributed by atoms with Crippen molar-refractivity contribution in [2.24, 2.45) is 68.5 Å². The maximum Gasteiger partial charge on any atom is 0.407 e. The first-order valence-electron chi connectivity index (χ1n) is 20.0. The van der Waals surface area contributed by atoms with Crippen LogP contribution in [0.25, 0.3) is 0 Å². The number of unbranched alkanes of at least 4 members (excludes halogenated alkanes) is 2. The van der Waals surface area contributed by atoms with E-state index >= 15 is 0 Å². The second-order valence-electron chi connectivity index (χ2n) is 17.3. The van der Waals surface area contributed by atoms with Crippen LogP contribution in [0.1, 0.15) is 144 Å². The highest BCUT2D eigenvalue weighted by molar-refractivity contribution is 5.86. The summed E-state index contributed by atoms with van der Waals surface area (Å²) in [6.07, 6.45) is 19.3. The van der Waals surface area contributed by atoms with E-state index < -0.39 is 11.9 Å². The molecule has 0 aromatic carbocycles. The number of alkyl carbamates (subject to hydrolysis) is 1. The number of hydrogen-bond acceptors (Lipinski definition) is 5. The summed E-state index contributed by atoms with van der Waals surface area (Å²) in [4.78, 5) is 40.6. The number of hydrogen-bond donors (Lipinski definition) is 5. The van der Waals surface area contributed by atoms with E-state index in [1.54, 1.807) is 0 Å². The fourth-order valence-electron chi connectivity index (χ4n) is 10.8. The van der Waals surface area contributed by atoms with Crippen LogP contribution in [0.5, 0.6) is 0 Å². The van der Waals surface area contributed by atoms with E-state index in [-0.39, 0.29) is 35.9 Å². The quantitative estimate of drug-likeness (QED) is 0.0460. The molecular formula is C40H70N6O4. The van der Waals surface area contributed by atoms with E-state index in [4.69, 9.17) is 21.9 Å². The first kappa shape index (κ1) is 40.0. The average Bonchev–Trinajstić information content (AvgIpc) is 3.41. The van der Waals surface area contributed by atoms with Crippen molar-refractivity contribution in [1.82, 2.24) is 10.6 Å². The smallest absolute Gasteiger partial charge is 0.407 e. The van der Waals surface area contributed by atoms with Gasteiger partial charge in [0.15, 0.2) is 5.96 Å². The fraction of sp³-hybridized carbons (Fsp3) is 0.850. The Bertz CT molecular complexity index is 1220. The summed E-state index contributed by atoms with van der Waals surface area (Å²) in [5.41, 5.74) is 18.3. The minimum atomic E-state index is -0.742. The summed E-state index contributed by atoms with van der Waals surface area (Å²) >= 11 is 0. The Morgan fingerprint density at radius 3 is 2.42 bits per heavy atom. The van der Waals surface area contributed by atoms with Crippen LogP contribution in [0, 0.1) is 46.3 Å². The summed E-state index contributed by atoms with van der Waals surface area (Å²) < 4.78 is 5.94. The number of carbonyl (C=O) groups is 3. The maximum absolute atomic E-state index is 12.7. The summed E-state index contributed by atoms with van der Waals surface area (Å²) in [5, 5.41) is 5.62. The second-order valence-corrected chi connectivity index (χ2v) is 17.3. The molecule has 0 radical (unpaired) electrons. The molecule has 0 aliphatic heterocycles. The molecule has 0 aromatic heterocycles. The molecule has 0 unspecified atom stereocenters. The van der Waals surface area contributed by atoms with E-state index in [9.17, 15) is 14.4 Å². The summed E-state index contributed by atoms with van der Waals surface area (Å²) in [7, 11) is 0. The van der Waals surface area contributed by atoms with Gasteiger partial charge in [-0.3, -0.25) is 14.6 Å². The van der Waals surface area contributed by atoms with Gasteiger partial charge in [-0.2, -0.15) is 0 Å². The van der Waals surface area contributed by atoms with Crippen molar-refractivity contribution in [2.45, 2.75) is 156 Å². The van der Waals surface area contributed by atoms with Gasteiger partial charge in [-0.25, -0.2) is 4.79 Å². The van der Waals surface area contributed by atoms with Crippen molar-refractivity contribution >= 4 is 23.9 Å². The SMILES string of the molecule is CC(C)CCC[C@@H](C)[C@H]1CC[C@H]2[C@@H]3CC=C4C[C@@H](OC(=O)NCCCCCC(=O)N[C@@H](CCCN=C(N)N)C(N)=O)CC[C@]4(C)[C@H]3CC[C@]12C. The number of nitrogens with two attached hydrogens (primary N) is 3. The lowest BCUT2D eigenvalue weighted by molar-refractivity contribution is -0.127. The predicted molar refractivity (Wildman–Crippen MR) is 201 cm³/mol. The minimum absolute atomic E-state index is 0.00928. The zero-order chi connectivity index (χ0) is 36.5. The molecular weight excluding hydrogens is 628 g/mol. The van der Waals surface area contributed by atoms with Gasteiger partial charge in [-0.1, -0.05) is 72.0 Å². The lowest BCUT2D eigenvalue weighted by Gasteiger charge is -2.58. The van der Waals surface area contributed by atoms with Gasteiger partial charge in [0.1, 0.15) is 12.1 Å². The zero-order valence-electron chi connectivity index (χ0n) is 31.9. The molecule has 8 N–H and O–H groups in total. The van der Waals surface area contributed by atoms with Gasteiger partial charge in [-0.15, -0.1) is 0 Å². The maximum atomic E-state index is 12.7. The Kier molecular flexibility index (Phi) is 14.5. The van der Waals surface area contributed by atoms with Crippen molar-refractivity contribution in [2.75, 3.05) is 13.1 Å². The summed E-state index contributed by atoms with van der Waals surface area (Å²) in [6.45, 7) is 13.3. The molecule has 9 atom stereocenters. The molecule has 0 aromatic rings. The number of primary amides is 1. The molecule has 284 valence electrons. The molecule has 4 aliphatic carbocycles. The van der Waals surface area contributed by atoms with Crippen LogP contribution >= 0.6 is 0 Å². The third-order valence-corrected chi connectivity index (χ3v) is 13.5. The molecule has 4 rings (SSSR count). The van der Waals surface area contributed by atoms with E-state index in [1.165, 1.54) is 56.9 Å². The molecule has 4 aliphatic rings. The van der Waals surface area contributed by atoms with Gasteiger partial charge in [0.2, 0.25) is 11.8 Å². The standard InChI is InChI=1S/C40H70N6O4/c1-26(2)11-9-12-27(3)31-17-18-32-30-16-15-28-25-29(19-21-39(28,4)33(30)20-22-40(31,32)5)50-38(49)45-23-8-6-7-14-35(47)46-34(36(41)48)13-10-24-44-37(42)43/h15,26-27,29-34H,6-14,16-25H2,1-5H3,(H2,41,48)(H,45,49)(H,46,47)(H4,42,43,44)/t27-,29+,30+,31-,32+,33+,34+,39+,40-/m1/s1. The third-order valence-electron chi connectivity index (χ3n) is 13.5. The molecule has 0 bridgehead atoms. The van der Waals surface area contributed by atoms with Gasteiger partial charge in [0, 0.05) is 25.9 Å².